The molecule has 1 unspecified atom stereocenters. The lowest BCUT2D eigenvalue weighted by atomic mass is 9.70. The van der Waals surface area contributed by atoms with Crippen molar-refractivity contribution in [3.63, 3.8) is 0 Å². The van der Waals surface area contributed by atoms with Crippen LogP contribution < -0.4 is 9.80 Å². The van der Waals surface area contributed by atoms with Crippen LogP contribution in [0.15, 0.2) is 261 Å². The van der Waals surface area contributed by atoms with Gasteiger partial charge in [-0.2, -0.15) is 0 Å². The van der Waals surface area contributed by atoms with Gasteiger partial charge in [0.05, 0.1) is 33.5 Å². The number of anilines is 6. The molecule has 68 heavy (non-hydrogen) atoms. The van der Waals surface area contributed by atoms with Crippen molar-refractivity contribution < 1.29 is 0 Å². The molecule has 2 aliphatic carbocycles. The second kappa shape index (κ2) is 15.1. The van der Waals surface area contributed by atoms with Gasteiger partial charge >= 0.3 is 0 Å². The number of hydrogen-bond donors (Lipinski definition) is 0. The molecule has 3 nitrogen and oxygen atoms in total. The standard InChI is InChI=1S/C65H43N3/c1-5-23-44(24-6-1)66(45-25-7-2-8-26-45)58-40-21-38-55-63(58)51-34-16-19-37-54(51)65(55)53-36-18-15-33-50(53)62-49-32-14-13-31-48(49)61(43-56(62)65)68(47-29-11-4-12-30-47)60-42-22-41-59-64(60)52-35-17-20-39-57(52)67(59)46-27-9-3-10-28-46/h1-43H. The first kappa shape index (κ1) is 38.4. The van der Waals surface area contributed by atoms with Gasteiger partial charge in [0, 0.05) is 44.5 Å². The van der Waals surface area contributed by atoms with Gasteiger partial charge in [0.25, 0.3) is 0 Å². The highest BCUT2D eigenvalue weighted by atomic mass is 15.2. The zero-order valence-electron chi connectivity index (χ0n) is 37.2. The average Bonchev–Trinajstić information content (AvgIpc) is 4.03. The van der Waals surface area contributed by atoms with Crippen molar-refractivity contribution in [2.75, 3.05) is 9.80 Å². The highest BCUT2D eigenvalue weighted by molar-refractivity contribution is 6.19. The number of fused-ring (bicyclic) bond motifs is 15. The number of hydrogen-bond acceptors (Lipinski definition) is 2. The van der Waals surface area contributed by atoms with E-state index in [1.165, 1.54) is 71.6 Å². The van der Waals surface area contributed by atoms with E-state index in [4.69, 9.17) is 0 Å². The quantitative estimate of drug-likeness (QED) is 0.158. The molecule has 1 aromatic heterocycles. The molecule has 1 atom stereocenters. The smallest absolute Gasteiger partial charge is 0.0727 e. The van der Waals surface area contributed by atoms with E-state index >= 15 is 0 Å². The Kier molecular flexibility index (Phi) is 8.50. The second-order valence-corrected chi connectivity index (χ2v) is 17.9. The summed E-state index contributed by atoms with van der Waals surface area (Å²) in [5.41, 5.74) is 19.9. The number of benzene rings is 11. The first-order chi connectivity index (χ1) is 33.8. The summed E-state index contributed by atoms with van der Waals surface area (Å²) in [6.07, 6.45) is 0. The summed E-state index contributed by atoms with van der Waals surface area (Å²) < 4.78 is 2.42. The molecule has 0 aliphatic heterocycles. The van der Waals surface area contributed by atoms with Crippen LogP contribution in [0.25, 0.3) is 60.5 Å². The zero-order valence-corrected chi connectivity index (χ0v) is 37.2. The fourth-order valence-electron chi connectivity index (χ4n) is 12.0. The Morgan fingerprint density at radius 2 is 0.765 bits per heavy atom. The predicted molar refractivity (Wildman–Crippen MR) is 284 cm³/mol. The third kappa shape index (κ3) is 5.36. The normalized spacial score (nSPS) is 14.2. The lowest BCUT2D eigenvalue weighted by molar-refractivity contribution is 0.794. The van der Waals surface area contributed by atoms with Gasteiger partial charge < -0.3 is 14.4 Å². The molecule has 1 heterocycles. The van der Waals surface area contributed by atoms with Gasteiger partial charge in [-0.05, 0) is 123 Å². The molecule has 12 aromatic rings. The van der Waals surface area contributed by atoms with Crippen LogP contribution in [0.5, 0.6) is 0 Å². The number of rotatable bonds is 7. The predicted octanol–water partition coefficient (Wildman–Crippen LogP) is 17.2. The summed E-state index contributed by atoms with van der Waals surface area (Å²) in [4.78, 5) is 4.97. The van der Waals surface area contributed by atoms with E-state index in [-0.39, 0.29) is 0 Å². The highest BCUT2D eigenvalue weighted by Gasteiger charge is 2.53. The number of nitrogens with zero attached hydrogens (tertiary/aromatic N) is 3. The van der Waals surface area contributed by atoms with Crippen molar-refractivity contribution in [1.82, 2.24) is 4.57 Å². The summed E-state index contributed by atoms with van der Waals surface area (Å²) in [5, 5.41) is 4.86. The van der Waals surface area contributed by atoms with Crippen LogP contribution in [0.4, 0.5) is 34.1 Å². The Labute approximate surface area is 395 Å². The van der Waals surface area contributed by atoms with Crippen molar-refractivity contribution in [2.45, 2.75) is 5.41 Å². The van der Waals surface area contributed by atoms with Crippen LogP contribution in [0.2, 0.25) is 0 Å². The molecule has 0 fully saturated rings. The summed E-state index contributed by atoms with van der Waals surface area (Å²) in [6, 6.07) is 96.1. The van der Waals surface area contributed by atoms with Gasteiger partial charge in [0.2, 0.25) is 0 Å². The van der Waals surface area contributed by atoms with Crippen LogP contribution in [0.1, 0.15) is 22.3 Å². The lowest BCUT2D eigenvalue weighted by Gasteiger charge is -2.34. The largest absolute Gasteiger partial charge is 0.310 e. The monoisotopic (exact) mass is 865 g/mol. The van der Waals surface area contributed by atoms with E-state index in [9.17, 15) is 0 Å². The van der Waals surface area contributed by atoms with Crippen LogP contribution >= 0.6 is 0 Å². The highest BCUT2D eigenvalue weighted by Crippen LogP contribution is 2.66. The molecule has 14 rings (SSSR count). The fourth-order valence-corrected chi connectivity index (χ4v) is 12.0. The first-order valence-electron chi connectivity index (χ1n) is 23.5. The van der Waals surface area contributed by atoms with Crippen LogP contribution in [-0.2, 0) is 5.41 Å². The lowest BCUT2D eigenvalue weighted by Crippen LogP contribution is -2.26. The summed E-state index contributed by atoms with van der Waals surface area (Å²) in [6.45, 7) is 0. The average molecular weight is 866 g/mol. The van der Waals surface area contributed by atoms with E-state index in [1.54, 1.807) is 0 Å². The van der Waals surface area contributed by atoms with Gasteiger partial charge in [-0.1, -0.05) is 182 Å². The topological polar surface area (TPSA) is 11.4 Å². The molecule has 318 valence electrons. The molecule has 2 aliphatic rings. The maximum atomic E-state index is 2.56. The van der Waals surface area contributed by atoms with Crippen LogP contribution in [-0.4, -0.2) is 4.57 Å². The number of aromatic nitrogens is 1. The van der Waals surface area contributed by atoms with E-state index in [0.717, 1.165) is 45.3 Å². The summed E-state index contributed by atoms with van der Waals surface area (Å²) in [7, 11) is 0. The molecule has 0 N–H and O–H groups in total. The van der Waals surface area contributed by atoms with E-state index in [1.807, 2.05) is 0 Å². The molecule has 0 saturated carbocycles. The molecule has 1 spiro atoms. The van der Waals surface area contributed by atoms with E-state index in [0.29, 0.717) is 0 Å². The fraction of sp³-hybridized carbons (Fsp3) is 0.0154. The van der Waals surface area contributed by atoms with Gasteiger partial charge in [-0.15, -0.1) is 0 Å². The molecule has 11 aromatic carbocycles. The molecule has 0 saturated heterocycles. The second-order valence-electron chi connectivity index (χ2n) is 17.9. The van der Waals surface area contributed by atoms with Crippen molar-refractivity contribution in [2.24, 2.45) is 0 Å². The van der Waals surface area contributed by atoms with Crippen LogP contribution in [0.3, 0.4) is 0 Å². The van der Waals surface area contributed by atoms with Gasteiger partial charge in [-0.25, -0.2) is 0 Å². The minimum absolute atomic E-state index is 0.622. The van der Waals surface area contributed by atoms with Crippen molar-refractivity contribution in [1.29, 1.82) is 0 Å². The van der Waals surface area contributed by atoms with E-state index < -0.39 is 5.41 Å². The van der Waals surface area contributed by atoms with Crippen LogP contribution in [0, 0.1) is 0 Å². The SMILES string of the molecule is c1ccc(N(c2ccccc2)c2cccc3c2-c2ccccc2C32c3ccccc3-c3c2cc(N(c2ccccc2)c2cccc4c2c2ccccc2n4-c2ccccc2)c2ccccc32)cc1. The molecule has 3 heteroatoms. The Balaban J connectivity index is 1.10. The minimum Gasteiger partial charge on any atom is -0.310 e. The van der Waals surface area contributed by atoms with Gasteiger partial charge in [-0.3, -0.25) is 0 Å². The van der Waals surface area contributed by atoms with Crippen molar-refractivity contribution in [3.8, 4) is 27.9 Å². The minimum atomic E-state index is -0.622. The molecule has 0 amide bonds. The molecule has 0 radical (unpaired) electrons. The van der Waals surface area contributed by atoms with Gasteiger partial charge in [0.15, 0.2) is 0 Å². The molecule has 0 bridgehead atoms. The maximum absolute atomic E-state index is 2.56. The summed E-state index contributed by atoms with van der Waals surface area (Å²) >= 11 is 0. The molecular weight excluding hydrogens is 823 g/mol. The Morgan fingerprint density at radius 1 is 0.294 bits per heavy atom. The zero-order chi connectivity index (χ0) is 44.8. The van der Waals surface area contributed by atoms with Crippen molar-refractivity contribution >= 4 is 66.7 Å². The van der Waals surface area contributed by atoms with Crippen molar-refractivity contribution in [3.05, 3.63) is 283 Å². The molecular formula is C65H43N3. The third-order valence-electron chi connectivity index (χ3n) is 14.5. The third-order valence-corrected chi connectivity index (χ3v) is 14.5. The number of para-hydroxylation sites is 5. The first-order valence-corrected chi connectivity index (χ1v) is 23.5. The Hall–Kier alpha value is -8.92. The Bertz CT molecular complexity index is 3870. The maximum Gasteiger partial charge on any atom is 0.0727 e. The Morgan fingerprint density at radius 3 is 1.43 bits per heavy atom. The van der Waals surface area contributed by atoms with E-state index in [2.05, 4.69) is 275 Å². The van der Waals surface area contributed by atoms with Gasteiger partial charge in [0.1, 0.15) is 0 Å². The summed E-state index contributed by atoms with van der Waals surface area (Å²) in [5.74, 6) is 0.